The van der Waals surface area contributed by atoms with Crippen molar-refractivity contribution in [2.75, 3.05) is 44.7 Å². The zero-order valence-electron chi connectivity index (χ0n) is 22.0. The van der Waals surface area contributed by atoms with Gasteiger partial charge in [0.2, 0.25) is 15.9 Å². The molecule has 10 heteroatoms. The van der Waals surface area contributed by atoms with E-state index in [0.29, 0.717) is 43.4 Å². The Labute approximate surface area is 223 Å². The highest BCUT2D eigenvalue weighted by molar-refractivity contribution is 7.89. The molecule has 200 valence electrons. The lowest BCUT2D eigenvalue weighted by molar-refractivity contribution is -0.121. The zero-order valence-corrected chi connectivity index (χ0v) is 23.6. The molecule has 1 unspecified atom stereocenters. The number of sulfonamides is 1. The summed E-state index contributed by atoms with van der Waals surface area (Å²) in [6, 6.07) is 11.7. The number of anilines is 1. The maximum atomic E-state index is 14.1. The fourth-order valence-electron chi connectivity index (χ4n) is 4.71. The Bertz CT molecular complexity index is 1320. The second-order valence-corrected chi connectivity index (χ2v) is 12.0. The third kappa shape index (κ3) is 5.82. The van der Waals surface area contributed by atoms with Crippen molar-refractivity contribution < 1.29 is 17.9 Å². The maximum absolute atomic E-state index is 14.1. The molecule has 0 bridgehead atoms. The van der Waals surface area contributed by atoms with E-state index in [1.165, 1.54) is 40.4 Å². The molecular formula is C27H36N4O4S2. The average Bonchev–Trinajstić information content (AvgIpc) is 3.58. The smallest absolute Gasteiger partial charge is 0.247 e. The predicted molar refractivity (Wildman–Crippen MR) is 149 cm³/mol. The second kappa shape index (κ2) is 11.9. The molecule has 0 spiro atoms. The summed E-state index contributed by atoms with van der Waals surface area (Å²) in [5.41, 5.74) is 2.07. The van der Waals surface area contributed by atoms with Crippen molar-refractivity contribution in [3.63, 3.8) is 0 Å². The summed E-state index contributed by atoms with van der Waals surface area (Å²) < 4.78 is 34.7. The summed E-state index contributed by atoms with van der Waals surface area (Å²) in [6.45, 7) is 9.51. The van der Waals surface area contributed by atoms with Gasteiger partial charge in [-0.2, -0.15) is 4.31 Å². The molecule has 3 aromatic rings. The number of hydrogen-bond acceptors (Lipinski definition) is 7. The van der Waals surface area contributed by atoms with Gasteiger partial charge in [-0.05, 0) is 74.3 Å². The van der Waals surface area contributed by atoms with Gasteiger partial charge in [0.1, 0.15) is 11.8 Å². The van der Waals surface area contributed by atoms with Gasteiger partial charge in [0.05, 0.1) is 22.2 Å². The van der Waals surface area contributed by atoms with Gasteiger partial charge in [0, 0.05) is 19.6 Å². The number of aromatic nitrogens is 1. The van der Waals surface area contributed by atoms with E-state index in [9.17, 15) is 13.2 Å². The van der Waals surface area contributed by atoms with E-state index in [2.05, 4.69) is 37.8 Å². The Morgan fingerprint density at radius 2 is 1.84 bits per heavy atom. The van der Waals surface area contributed by atoms with Gasteiger partial charge < -0.3 is 9.64 Å². The summed E-state index contributed by atoms with van der Waals surface area (Å²) in [6.07, 6.45) is 2.05. The van der Waals surface area contributed by atoms with Crippen LogP contribution in [0.1, 0.15) is 39.2 Å². The molecule has 8 nitrogen and oxygen atoms in total. The molecule has 0 aliphatic carbocycles. The minimum Gasteiger partial charge on any atom is -0.497 e. The number of carbonyl (C=O) groups excluding carboxylic acids is 1. The van der Waals surface area contributed by atoms with E-state index in [1.54, 1.807) is 17.0 Å². The normalized spacial score (nSPS) is 16.5. The number of rotatable bonds is 11. The number of benzene rings is 2. The number of aryl methyl sites for hydroxylation is 1. The van der Waals surface area contributed by atoms with Gasteiger partial charge in [-0.25, -0.2) is 13.4 Å². The van der Waals surface area contributed by atoms with E-state index >= 15 is 0 Å². The predicted octanol–water partition coefficient (Wildman–Crippen LogP) is 4.40. The van der Waals surface area contributed by atoms with Gasteiger partial charge in [-0.3, -0.25) is 9.69 Å². The first-order valence-corrected chi connectivity index (χ1v) is 15.2. The zero-order chi connectivity index (χ0) is 26.6. The molecule has 1 atom stereocenters. The maximum Gasteiger partial charge on any atom is 0.247 e. The van der Waals surface area contributed by atoms with Crippen LogP contribution in [0, 0.1) is 0 Å². The first-order chi connectivity index (χ1) is 17.8. The highest BCUT2D eigenvalue weighted by Gasteiger charge is 2.42. The molecule has 1 aromatic heterocycles. The lowest BCUT2D eigenvalue weighted by Gasteiger charge is -2.30. The summed E-state index contributed by atoms with van der Waals surface area (Å²) in [5, 5.41) is 0.620. The molecule has 1 saturated heterocycles. The number of methoxy groups -OCH3 is 1. The number of carbonyl (C=O) groups is 1. The van der Waals surface area contributed by atoms with Crippen LogP contribution in [0.15, 0.2) is 47.4 Å². The van der Waals surface area contributed by atoms with Crippen molar-refractivity contribution in [2.24, 2.45) is 0 Å². The lowest BCUT2D eigenvalue weighted by atomic mass is 10.2. The molecule has 1 fully saturated rings. The van der Waals surface area contributed by atoms with Gasteiger partial charge in [0.15, 0.2) is 5.13 Å². The highest BCUT2D eigenvalue weighted by Crippen LogP contribution is 2.33. The summed E-state index contributed by atoms with van der Waals surface area (Å²) in [5.74, 6) is 0.370. The molecular weight excluding hydrogens is 508 g/mol. The SMILES string of the molecule is CCc1ccc2nc(N(CCN(CC)CC)C(=O)C3CCCN3S(=O)(=O)c3ccc(OC)cc3)sc2c1. The van der Waals surface area contributed by atoms with Crippen LogP contribution in [0.4, 0.5) is 5.13 Å². The van der Waals surface area contributed by atoms with Gasteiger partial charge in [-0.15, -0.1) is 0 Å². The topological polar surface area (TPSA) is 83.1 Å². The van der Waals surface area contributed by atoms with Crippen molar-refractivity contribution >= 4 is 42.6 Å². The average molecular weight is 545 g/mol. The minimum absolute atomic E-state index is 0.162. The number of ether oxygens (including phenoxy) is 1. The molecule has 2 aromatic carbocycles. The lowest BCUT2D eigenvalue weighted by Crippen LogP contribution is -2.49. The Morgan fingerprint density at radius 3 is 2.49 bits per heavy atom. The number of fused-ring (bicyclic) bond motifs is 1. The van der Waals surface area contributed by atoms with Crippen molar-refractivity contribution in [1.29, 1.82) is 0 Å². The Morgan fingerprint density at radius 1 is 1.11 bits per heavy atom. The third-order valence-corrected chi connectivity index (χ3v) is 10.00. The van der Waals surface area contributed by atoms with E-state index in [4.69, 9.17) is 9.72 Å². The molecule has 0 N–H and O–H groups in total. The minimum atomic E-state index is -3.84. The summed E-state index contributed by atoms with van der Waals surface area (Å²) >= 11 is 1.49. The van der Waals surface area contributed by atoms with Crippen LogP contribution < -0.4 is 9.64 Å². The van der Waals surface area contributed by atoms with Gasteiger partial charge in [0.25, 0.3) is 0 Å². The molecule has 1 aliphatic heterocycles. The molecule has 4 rings (SSSR count). The van der Waals surface area contributed by atoms with Crippen LogP contribution in [0.5, 0.6) is 5.75 Å². The van der Waals surface area contributed by atoms with Crippen molar-refractivity contribution in [3.8, 4) is 5.75 Å². The largest absolute Gasteiger partial charge is 0.497 e. The summed E-state index contributed by atoms with van der Waals surface area (Å²) in [7, 11) is -2.31. The number of nitrogens with zero attached hydrogens (tertiary/aromatic N) is 4. The third-order valence-electron chi connectivity index (χ3n) is 7.04. The van der Waals surface area contributed by atoms with Crippen LogP contribution in [0.2, 0.25) is 0 Å². The molecule has 1 amide bonds. The van der Waals surface area contributed by atoms with E-state index in [1.807, 2.05) is 6.07 Å². The Balaban J connectivity index is 1.66. The van der Waals surface area contributed by atoms with E-state index in [-0.39, 0.29) is 10.8 Å². The standard InChI is InChI=1S/C27H36N4O4S2/c1-5-20-10-15-23-25(19-20)36-27(28-23)30(18-17-29(6-2)7-3)26(32)24-9-8-16-31(24)37(33,34)22-13-11-21(35-4)12-14-22/h10-15,19,24H,5-9,16-18H2,1-4H3. The molecule has 2 heterocycles. The highest BCUT2D eigenvalue weighted by atomic mass is 32.2. The van der Waals surface area contributed by atoms with Gasteiger partial charge >= 0.3 is 0 Å². The van der Waals surface area contributed by atoms with Crippen LogP contribution in [0.25, 0.3) is 10.2 Å². The van der Waals surface area contributed by atoms with Crippen LogP contribution in [-0.2, 0) is 21.2 Å². The van der Waals surface area contributed by atoms with Crippen LogP contribution in [-0.4, -0.2) is 74.4 Å². The van der Waals surface area contributed by atoms with Crippen LogP contribution in [0.3, 0.4) is 0 Å². The molecule has 37 heavy (non-hydrogen) atoms. The quantitative estimate of drug-likeness (QED) is 0.356. The fourth-order valence-corrected chi connectivity index (χ4v) is 7.42. The number of likely N-dealkylation sites (N-methyl/N-ethyl adjacent to an activating group) is 1. The van der Waals surface area contributed by atoms with E-state index in [0.717, 1.165) is 29.7 Å². The number of thiazole rings is 1. The Kier molecular flexibility index (Phi) is 8.84. The molecule has 0 radical (unpaired) electrons. The van der Waals surface area contributed by atoms with Gasteiger partial charge in [-0.1, -0.05) is 38.2 Å². The first kappa shape index (κ1) is 27.5. The Hall–Kier alpha value is -2.53. The first-order valence-electron chi connectivity index (χ1n) is 12.9. The number of amides is 1. The summed E-state index contributed by atoms with van der Waals surface area (Å²) in [4.78, 5) is 23.0. The molecule has 1 aliphatic rings. The fraction of sp³-hybridized carbons (Fsp3) is 0.481. The van der Waals surface area contributed by atoms with Crippen molar-refractivity contribution in [1.82, 2.24) is 14.2 Å². The number of hydrogen-bond donors (Lipinski definition) is 0. The second-order valence-electron chi connectivity index (χ2n) is 9.12. The van der Waals surface area contributed by atoms with E-state index < -0.39 is 16.1 Å². The van der Waals surface area contributed by atoms with Crippen molar-refractivity contribution in [3.05, 3.63) is 48.0 Å². The van der Waals surface area contributed by atoms with Crippen molar-refractivity contribution in [2.45, 2.75) is 51.0 Å². The monoisotopic (exact) mass is 544 g/mol. The van der Waals surface area contributed by atoms with Crippen LogP contribution >= 0.6 is 11.3 Å². The molecule has 0 saturated carbocycles.